The largest absolute Gasteiger partial charge is 0.480 e. The molecule has 20 heavy (non-hydrogen) atoms. The molecule has 2 aliphatic rings. The fourth-order valence-corrected chi connectivity index (χ4v) is 2.42. The first-order valence-electron chi connectivity index (χ1n) is 7.12. The van der Waals surface area contributed by atoms with E-state index in [1.807, 2.05) is 0 Å². The van der Waals surface area contributed by atoms with E-state index in [4.69, 9.17) is 4.74 Å². The molecule has 0 aromatic heterocycles. The molecule has 2 rings (SSSR count). The van der Waals surface area contributed by atoms with Crippen molar-refractivity contribution in [3.63, 3.8) is 0 Å². The van der Waals surface area contributed by atoms with Crippen molar-refractivity contribution >= 4 is 12.0 Å². The van der Waals surface area contributed by atoms with Gasteiger partial charge in [-0.2, -0.15) is 0 Å². The minimum atomic E-state index is -1.15. The lowest BCUT2D eigenvalue weighted by atomic mass is 9.96. The molecule has 0 spiro atoms. The second-order valence-corrected chi connectivity index (χ2v) is 5.62. The molecule has 1 aliphatic carbocycles. The summed E-state index contributed by atoms with van der Waals surface area (Å²) in [6.07, 6.45) is 1.72. The number of aliphatic carboxylic acids is 1. The van der Waals surface area contributed by atoms with Crippen molar-refractivity contribution in [1.82, 2.24) is 15.5 Å². The number of hydrogen-bond acceptors (Lipinski definition) is 4. The van der Waals surface area contributed by atoms with Gasteiger partial charge in [-0.05, 0) is 25.7 Å². The van der Waals surface area contributed by atoms with Crippen molar-refractivity contribution in [1.29, 1.82) is 0 Å². The minimum Gasteiger partial charge on any atom is -0.480 e. The van der Waals surface area contributed by atoms with Gasteiger partial charge in [0.15, 0.2) is 0 Å². The Hall–Kier alpha value is -1.34. The third-order valence-electron chi connectivity index (χ3n) is 4.03. The molecular formula is C13H23N3O4. The molecule has 7 heteroatoms. The van der Waals surface area contributed by atoms with Gasteiger partial charge < -0.3 is 20.5 Å². The first-order chi connectivity index (χ1) is 9.52. The molecular weight excluding hydrogens is 262 g/mol. The molecule has 0 bridgehead atoms. The lowest BCUT2D eigenvalue weighted by Gasteiger charge is -2.28. The summed E-state index contributed by atoms with van der Waals surface area (Å²) in [6.45, 7) is 6.04. The number of carboxylic acid groups (broad SMARTS) is 1. The van der Waals surface area contributed by atoms with Gasteiger partial charge in [-0.1, -0.05) is 0 Å². The van der Waals surface area contributed by atoms with E-state index >= 15 is 0 Å². The van der Waals surface area contributed by atoms with Gasteiger partial charge in [-0.25, -0.2) is 9.59 Å². The number of morpholine rings is 1. The summed E-state index contributed by atoms with van der Waals surface area (Å²) in [5, 5.41) is 14.6. The highest BCUT2D eigenvalue weighted by Crippen LogP contribution is 2.39. The lowest BCUT2D eigenvalue weighted by Crippen LogP contribution is -2.57. The molecule has 1 atom stereocenters. The van der Waals surface area contributed by atoms with E-state index in [-0.39, 0.29) is 5.92 Å². The van der Waals surface area contributed by atoms with E-state index in [0.717, 1.165) is 45.7 Å². The molecule has 2 fully saturated rings. The second-order valence-electron chi connectivity index (χ2n) is 5.62. The normalized spacial score (nSPS) is 22.9. The first-order valence-corrected chi connectivity index (χ1v) is 7.12. The molecule has 1 saturated carbocycles. The molecule has 114 valence electrons. The Morgan fingerprint density at radius 2 is 2.00 bits per heavy atom. The van der Waals surface area contributed by atoms with Crippen LogP contribution in [0.4, 0.5) is 4.79 Å². The van der Waals surface area contributed by atoms with Crippen molar-refractivity contribution in [2.24, 2.45) is 5.92 Å². The highest BCUT2D eigenvalue weighted by atomic mass is 16.5. The summed E-state index contributed by atoms with van der Waals surface area (Å²) >= 11 is 0. The van der Waals surface area contributed by atoms with Crippen LogP contribution in [0.1, 0.15) is 19.8 Å². The Morgan fingerprint density at radius 1 is 1.35 bits per heavy atom. The van der Waals surface area contributed by atoms with Gasteiger partial charge in [0.1, 0.15) is 5.54 Å². The van der Waals surface area contributed by atoms with E-state index in [0.29, 0.717) is 6.54 Å². The van der Waals surface area contributed by atoms with Crippen molar-refractivity contribution in [3.8, 4) is 0 Å². The van der Waals surface area contributed by atoms with Crippen LogP contribution in [0.3, 0.4) is 0 Å². The number of carbonyl (C=O) groups is 2. The number of amides is 2. The van der Waals surface area contributed by atoms with Gasteiger partial charge in [-0.3, -0.25) is 4.90 Å². The quantitative estimate of drug-likeness (QED) is 0.632. The van der Waals surface area contributed by atoms with Crippen LogP contribution in [0.5, 0.6) is 0 Å². The van der Waals surface area contributed by atoms with Gasteiger partial charge in [-0.15, -0.1) is 0 Å². The maximum atomic E-state index is 11.8. The van der Waals surface area contributed by atoms with Crippen LogP contribution in [0.15, 0.2) is 0 Å². The summed E-state index contributed by atoms with van der Waals surface area (Å²) in [5.41, 5.74) is -1.15. The predicted molar refractivity (Wildman–Crippen MR) is 72.6 cm³/mol. The molecule has 1 saturated heterocycles. The van der Waals surface area contributed by atoms with Crippen LogP contribution in [-0.2, 0) is 9.53 Å². The van der Waals surface area contributed by atoms with Gasteiger partial charge in [0.25, 0.3) is 0 Å². The van der Waals surface area contributed by atoms with E-state index in [2.05, 4.69) is 15.5 Å². The predicted octanol–water partition coefficient (Wildman–Crippen LogP) is -0.129. The van der Waals surface area contributed by atoms with Crippen LogP contribution in [0, 0.1) is 5.92 Å². The summed E-state index contributed by atoms with van der Waals surface area (Å²) in [5.74, 6) is -0.923. The van der Waals surface area contributed by atoms with Gasteiger partial charge in [0.2, 0.25) is 0 Å². The number of urea groups is 1. The topological polar surface area (TPSA) is 90.9 Å². The number of rotatable bonds is 6. The molecule has 1 heterocycles. The van der Waals surface area contributed by atoms with Gasteiger partial charge in [0.05, 0.1) is 13.2 Å². The molecule has 1 unspecified atom stereocenters. The molecule has 0 radical (unpaired) electrons. The zero-order valence-corrected chi connectivity index (χ0v) is 11.9. The van der Waals surface area contributed by atoms with Crippen LogP contribution < -0.4 is 10.6 Å². The Bertz CT molecular complexity index is 367. The van der Waals surface area contributed by atoms with Crippen LogP contribution >= 0.6 is 0 Å². The highest BCUT2D eigenvalue weighted by Gasteiger charge is 2.48. The van der Waals surface area contributed by atoms with E-state index in [1.165, 1.54) is 0 Å². The molecule has 1 aliphatic heterocycles. The minimum absolute atomic E-state index is 0.0463. The molecule has 0 aromatic carbocycles. The maximum Gasteiger partial charge on any atom is 0.329 e. The summed E-state index contributed by atoms with van der Waals surface area (Å²) in [7, 11) is 0. The molecule has 2 amide bonds. The molecule has 7 nitrogen and oxygen atoms in total. The lowest BCUT2D eigenvalue weighted by molar-refractivity contribution is -0.144. The van der Waals surface area contributed by atoms with Crippen molar-refractivity contribution in [3.05, 3.63) is 0 Å². The fourth-order valence-electron chi connectivity index (χ4n) is 2.42. The Balaban J connectivity index is 1.70. The Morgan fingerprint density at radius 3 is 2.55 bits per heavy atom. The first kappa shape index (κ1) is 15.1. The zero-order chi connectivity index (χ0) is 14.6. The monoisotopic (exact) mass is 285 g/mol. The number of nitrogens with one attached hydrogen (secondary N) is 2. The summed E-state index contributed by atoms with van der Waals surface area (Å²) in [6, 6.07) is -0.407. The van der Waals surface area contributed by atoms with Crippen molar-refractivity contribution in [2.45, 2.75) is 25.3 Å². The highest BCUT2D eigenvalue weighted by molar-refractivity contribution is 5.86. The smallest absolute Gasteiger partial charge is 0.329 e. The van der Waals surface area contributed by atoms with Crippen molar-refractivity contribution in [2.75, 3.05) is 39.4 Å². The van der Waals surface area contributed by atoms with Crippen LogP contribution in [-0.4, -0.2) is 66.9 Å². The Kier molecular flexibility index (Phi) is 4.82. The summed E-state index contributed by atoms with van der Waals surface area (Å²) < 4.78 is 5.25. The number of ether oxygens (including phenoxy) is 1. The third kappa shape index (κ3) is 3.83. The maximum absolute atomic E-state index is 11.8. The molecule has 0 aromatic rings. The van der Waals surface area contributed by atoms with Crippen LogP contribution in [0.2, 0.25) is 0 Å². The summed E-state index contributed by atoms with van der Waals surface area (Å²) in [4.78, 5) is 25.3. The van der Waals surface area contributed by atoms with E-state index in [9.17, 15) is 14.7 Å². The number of carboxylic acids is 1. The second kappa shape index (κ2) is 6.41. The number of hydrogen-bond donors (Lipinski definition) is 3. The zero-order valence-electron chi connectivity index (χ0n) is 11.9. The average molecular weight is 285 g/mol. The SMILES string of the molecule is CC(NC(=O)NCCN1CCOCC1)(C(=O)O)C1CC1. The Labute approximate surface area is 118 Å². The van der Waals surface area contributed by atoms with Crippen molar-refractivity contribution < 1.29 is 19.4 Å². The standard InChI is InChI=1S/C13H23N3O4/c1-13(11(17)18,10-2-3-10)15-12(19)14-4-5-16-6-8-20-9-7-16/h10H,2-9H2,1H3,(H,17,18)(H2,14,15,19). The molecule has 3 N–H and O–H groups in total. The fraction of sp³-hybridized carbons (Fsp3) is 0.846. The number of nitrogens with zero attached hydrogens (tertiary/aromatic N) is 1. The van der Waals surface area contributed by atoms with E-state index in [1.54, 1.807) is 6.92 Å². The van der Waals surface area contributed by atoms with E-state index < -0.39 is 17.5 Å². The van der Waals surface area contributed by atoms with Crippen LogP contribution in [0.25, 0.3) is 0 Å². The third-order valence-corrected chi connectivity index (χ3v) is 4.03. The number of carbonyl (C=O) groups excluding carboxylic acids is 1. The van der Waals surface area contributed by atoms with Gasteiger partial charge >= 0.3 is 12.0 Å². The van der Waals surface area contributed by atoms with Gasteiger partial charge in [0, 0.05) is 26.2 Å². The average Bonchev–Trinajstić information content (AvgIpc) is 3.24.